The highest BCUT2D eigenvalue weighted by atomic mass is 127. The fourth-order valence-electron chi connectivity index (χ4n) is 3.22. The highest BCUT2D eigenvalue weighted by Crippen LogP contribution is 2.11. The Hall–Kier alpha value is -2.20. The first-order valence-corrected chi connectivity index (χ1v) is 10.4. The van der Waals surface area contributed by atoms with Crippen molar-refractivity contribution in [1.29, 1.82) is 0 Å². The zero-order valence-electron chi connectivity index (χ0n) is 17.7. The number of carbonyl (C=O) groups is 1. The lowest BCUT2D eigenvalue weighted by Gasteiger charge is -2.12. The van der Waals surface area contributed by atoms with Crippen LogP contribution in [-0.4, -0.2) is 37.7 Å². The second-order valence-corrected chi connectivity index (χ2v) is 7.22. The van der Waals surface area contributed by atoms with E-state index in [0.29, 0.717) is 31.2 Å². The van der Waals surface area contributed by atoms with E-state index in [9.17, 15) is 9.18 Å². The van der Waals surface area contributed by atoms with Crippen molar-refractivity contribution < 1.29 is 13.9 Å². The van der Waals surface area contributed by atoms with Crippen LogP contribution in [0.15, 0.2) is 53.5 Å². The Bertz CT molecular complexity index is 855. The minimum Gasteiger partial charge on any atom is -0.376 e. The number of hydrogen-bond acceptors (Lipinski definition) is 3. The van der Waals surface area contributed by atoms with Crippen LogP contribution in [0.3, 0.4) is 0 Å². The van der Waals surface area contributed by atoms with E-state index < -0.39 is 0 Å². The molecule has 1 fully saturated rings. The first-order valence-electron chi connectivity index (χ1n) is 10.4. The maximum absolute atomic E-state index is 13.0. The van der Waals surface area contributed by atoms with Gasteiger partial charge in [-0.25, -0.2) is 9.38 Å². The van der Waals surface area contributed by atoms with E-state index in [2.05, 4.69) is 20.9 Å². The summed E-state index contributed by atoms with van der Waals surface area (Å²) in [5.41, 5.74) is 2.52. The normalized spacial score (nSPS) is 15.8. The number of rotatable bonds is 8. The maximum Gasteiger partial charge on any atom is 0.251 e. The Balaban J connectivity index is 0.00000341. The molecular formula is C23H30FIN4O2. The number of carbonyl (C=O) groups excluding carboxylic acids is 1. The second kappa shape index (κ2) is 13.3. The van der Waals surface area contributed by atoms with E-state index in [1.165, 1.54) is 12.1 Å². The predicted octanol–water partition coefficient (Wildman–Crippen LogP) is 3.61. The largest absolute Gasteiger partial charge is 0.376 e. The van der Waals surface area contributed by atoms with Crippen LogP contribution in [0, 0.1) is 5.82 Å². The number of halogens is 2. The molecule has 3 N–H and O–H groups in total. The van der Waals surface area contributed by atoms with Gasteiger partial charge in [-0.1, -0.05) is 24.3 Å². The van der Waals surface area contributed by atoms with E-state index in [4.69, 9.17) is 4.74 Å². The van der Waals surface area contributed by atoms with Gasteiger partial charge in [0.25, 0.3) is 5.91 Å². The zero-order chi connectivity index (χ0) is 21.2. The van der Waals surface area contributed by atoms with Crippen LogP contribution < -0.4 is 16.0 Å². The summed E-state index contributed by atoms with van der Waals surface area (Å²) in [6.07, 6.45) is 2.17. The molecule has 0 saturated carbocycles. The van der Waals surface area contributed by atoms with Gasteiger partial charge in [-0.2, -0.15) is 0 Å². The SMILES string of the molecule is CCNC(=NCc1cccc(C(=O)NCC2CCCO2)c1)NCc1ccc(F)cc1.I. The molecule has 31 heavy (non-hydrogen) atoms. The van der Waals surface area contributed by atoms with Crippen LogP contribution >= 0.6 is 24.0 Å². The van der Waals surface area contributed by atoms with Gasteiger partial charge in [-0.05, 0) is 55.2 Å². The van der Waals surface area contributed by atoms with Gasteiger partial charge in [0, 0.05) is 31.8 Å². The number of nitrogens with one attached hydrogen (secondary N) is 3. The summed E-state index contributed by atoms with van der Waals surface area (Å²) in [6, 6.07) is 13.8. The van der Waals surface area contributed by atoms with Crippen LogP contribution in [0.2, 0.25) is 0 Å². The minimum atomic E-state index is -0.251. The zero-order valence-corrected chi connectivity index (χ0v) is 20.0. The predicted molar refractivity (Wildman–Crippen MR) is 131 cm³/mol. The number of nitrogens with zero attached hydrogens (tertiary/aromatic N) is 1. The summed E-state index contributed by atoms with van der Waals surface area (Å²) in [6.45, 7) is 5.01. The molecule has 2 aromatic rings. The van der Waals surface area contributed by atoms with Crippen LogP contribution in [0.5, 0.6) is 0 Å². The molecule has 0 bridgehead atoms. The topological polar surface area (TPSA) is 74.8 Å². The Labute approximate surface area is 200 Å². The van der Waals surface area contributed by atoms with E-state index >= 15 is 0 Å². The summed E-state index contributed by atoms with van der Waals surface area (Å²) >= 11 is 0. The van der Waals surface area contributed by atoms with Crippen molar-refractivity contribution >= 4 is 35.8 Å². The summed E-state index contributed by atoms with van der Waals surface area (Å²) < 4.78 is 18.6. The van der Waals surface area contributed by atoms with Gasteiger partial charge in [0.1, 0.15) is 5.82 Å². The summed E-state index contributed by atoms with van der Waals surface area (Å²) in [7, 11) is 0. The molecule has 1 aliphatic heterocycles. The molecule has 8 heteroatoms. The quantitative estimate of drug-likeness (QED) is 0.272. The number of ether oxygens (including phenoxy) is 1. The van der Waals surface area contributed by atoms with Crippen molar-refractivity contribution in [1.82, 2.24) is 16.0 Å². The molecule has 1 unspecified atom stereocenters. The molecular weight excluding hydrogens is 510 g/mol. The van der Waals surface area contributed by atoms with Gasteiger partial charge in [0.2, 0.25) is 0 Å². The highest BCUT2D eigenvalue weighted by molar-refractivity contribution is 14.0. The monoisotopic (exact) mass is 540 g/mol. The van der Waals surface area contributed by atoms with Crippen molar-refractivity contribution in [2.45, 2.75) is 39.0 Å². The van der Waals surface area contributed by atoms with Crippen LogP contribution in [0.4, 0.5) is 4.39 Å². The number of guanidine groups is 1. The van der Waals surface area contributed by atoms with Gasteiger partial charge >= 0.3 is 0 Å². The summed E-state index contributed by atoms with van der Waals surface area (Å²) in [4.78, 5) is 17.0. The van der Waals surface area contributed by atoms with Crippen LogP contribution in [0.25, 0.3) is 0 Å². The van der Waals surface area contributed by atoms with Crippen LogP contribution in [-0.2, 0) is 17.8 Å². The molecule has 3 rings (SSSR count). The Kier molecular flexibility index (Phi) is 10.7. The summed E-state index contributed by atoms with van der Waals surface area (Å²) in [5.74, 6) is 0.312. The second-order valence-electron chi connectivity index (χ2n) is 7.22. The molecule has 1 aliphatic rings. The lowest BCUT2D eigenvalue weighted by atomic mass is 10.1. The first-order chi connectivity index (χ1) is 14.6. The molecule has 2 aromatic carbocycles. The molecule has 1 atom stereocenters. The number of amides is 1. The third-order valence-electron chi connectivity index (χ3n) is 4.84. The fourth-order valence-corrected chi connectivity index (χ4v) is 3.22. The number of benzene rings is 2. The Morgan fingerprint density at radius 2 is 1.94 bits per heavy atom. The van der Waals surface area contributed by atoms with Gasteiger partial charge < -0.3 is 20.7 Å². The minimum absolute atomic E-state index is 0. The smallest absolute Gasteiger partial charge is 0.251 e. The van der Waals surface area contributed by atoms with Crippen molar-refractivity contribution in [2.24, 2.45) is 4.99 Å². The molecule has 1 amide bonds. The Morgan fingerprint density at radius 3 is 2.65 bits per heavy atom. The molecule has 1 saturated heterocycles. The average molecular weight is 540 g/mol. The van der Waals surface area contributed by atoms with Gasteiger partial charge in [-0.3, -0.25) is 4.79 Å². The molecule has 0 aromatic heterocycles. The molecule has 168 valence electrons. The van der Waals surface area contributed by atoms with Gasteiger partial charge in [0.05, 0.1) is 12.6 Å². The molecule has 1 heterocycles. The third kappa shape index (κ3) is 8.45. The standard InChI is InChI=1S/C23H29FN4O2.HI/c1-2-25-23(27-14-17-8-10-20(24)11-9-17)28-15-18-5-3-6-19(13-18)22(29)26-16-21-7-4-12-30-21;/h3,5-6,8-11,13,21H,2,4,7,12,14-16H2,1H3,(H,26,29)(H2,25,27,28);1H. The fraction of sp³-hybridized carbons (Fsp3) is 0.391. The van der Waals surface area contributed by atoms with Crippen molar-refractivity contribution in [3.8, 4) is 0 Å². The molecule has 0 radical (unpaired) electrons. The molecule has 6 nitrogen and oxygen atoms in total. The van der Waals surface area contributed by atoms with E-state index in [-0.39, 0.29) is 41.8 Å². The van der Waals surface area contributed by atoms with Crippen molar-refractivity contribution in [3.05, 3.63) is 71.0 Å². The van der Waals surface area contributed by atoms with Crippen molar-refractivity contribution in [2.75, 3.05) is 19.7 Å². The average Bonchev–Trinajstić information content (AvgIpc) is 3.29. The van der Waals surface area contributed by atoms with Crippen LogP contribution in [0.1, 0.15) is 41.3 Å². The van der Waals surface area contributed by atoms with Gasteiger partial charge in [-0.15, -0.1) is 24.0 Å². The Morgan fingerprint density at radius 1 is 1.13 bits per heavy atom. The molecule has 0 aliphatic carbocycles. The lowest BCUT2D eigenvalue weighted by Crippen LogP contribution is -2.36. The van der Waals surface area contributed by atoms with Crippen molar-refractivity contribution in [3.63, 3.8) is 0 Å². The van der Waals surface area contributed by atoms with E-state index in [0.717, 1.165) is 37.1 Å². The van der Waals surface area contributed by atoms with E-state index in [1.54, 1.807) is 18.2 Å². The van der Waals surface area contributed by atoms with E-state index in [1.807, 2.05) is 25.1 Å². The number of aliphatic imine (C=N–C) groups is 1. The molecule has 0 spiro atoms. The maximum atomic E-state index is 13.0. The third-order valence-corrected chi connectivity index (χ3v) is 4.84. The summed E-state index contributed by atoms with van der Waals surface area (Å²) in [5, 5.41) is 9.38. The van der Waals surface area contributed by atoms with Gasteiger partial charge in [0.15, 0.2) is 5.96 Å². The number of hydrogen-bond donors (Lipinski definition) is 3. The first kappa shape index (κ1) is 25.1. The lowest BCUT2D eigenvalue weighted by molar-refractivity contribution is 0.0857. The highest BCUT2D eigenvalue weighted by Gasteiger charge is 2.16.